The van der Waals surface area contributed by atoms with Gasteiger partial charge in [-0.15, -0.1) is 0 Å². The van der Waals surface area contributed by atoms with Crippen molar-refractivity contribution in [3.8, 4) is 6.07 Å². The number of piperidine rings is 1. The SMILES string of the molecule is [B]C(C)c1cc2c(N3CCC(C)(OC)CC3)c(C#N)c(=O)[nH]c2cn1. The first-order valence-corrected chi connectivity index (χ1v) is 8.40. The molecule has 1 saturated heterocycles. The van der Waals surface area contributed by atoms with E-state index in [-0.39, 0.29) is 22.5 Å². The summed E-state index contributed by atoms with van der Waals surface area (Å²) in [5.41, 5.74) is 1.59. The van der Waals surface area contributed by atoms with Gasteiger partial charge in [-0.1, -0.05) is 6.92 Å². The zero-order valence-corrected chi connectivity index (χ0v) is 14.8. The van der Waals surface area contributed by atoms with Crippen LogP contribution in [0.4, 0.5) is 5.69 Å². The van der Waals surface area contributed by atoms with Crippen LogP contribution in [0.3, 0.4) is 0 Å². The quantitative estimate of drug-likeness (QED) is 0.868. The van der Waals surface area contributed by atoms with Crippen molar-refractivity contribution in [3.63, 3.8) is 0 Å². The van der Waals surface area contributed by atoms with Crippen LogP contribution in [0.25, 0.3) is 10.9 Å². The molecule has 3 heterocycles. The van der Waals surface area contributed by atoms with E-state index in [1.165, 1.54) is 0 Å². The molecule has 1 aliphatic rings. The maximum Gasteiger partial charge on any atom is 0.268 e. The highest BCUT2D eigenvalue weighted by Gasteiger charge is 2.31. The Labute approximate surface area is 148 Å². The highest BCUT2D eigenvalue weighted by molar-refractivity contribution is 6.12. The van der Waals surface area contributed by atoms with Gasteiger partial charge in [-0.25, -0.2) is 0 Å². The normalized spacial score (nSPS) is 18.1. The van der Waals surface area contributed by atoms with Crippen molar-refractivity contribution in [1.29, 1.82) is 5.26 Å². The molecule has 1 unspecified atom stereocenters. The summed E-state index contributed by atoms with van der Waals surface area (Å²) < 4.78 is 5.60. The van der Waals surface area contributed by atoms with Crippen LogP contribution >= 0.6 is 0 Å². The largest absolute Gasteiger partial charge is 0.378 e. The second kappa shape index (κ2) is 6.53. The molecule has 0 amide bonds. The van der Waals surface area contributed by atoms with Crippen LogP contribution in [-0.2, 0) is 4.74 Å². The highest BCUT2D eigenvalue weighted by atomic mass is 16.5. The summed E-state index contributed by atoms with van der Waals surface area (Å²) in [5.74, 6) is -0.229. The second-order valence-electron chi connectivity index (χ2n) is 6.87. The summed E-state index contributed by atoms with van der Waals surface area (Å²) in [5, 5.41) is 10.4. The molecule has 128 valence electrons. The van der Waals surface area contributed by atoms with Gasteiger partial charge in [0.1, 0.15) is 11.6 Å². The van der Waals surface area contributed by atoms with Crippen LogP contribution in [0.2, 0.25) is 0 Å². The minimum Gasteiger partial charge on any atom is -0.378 e. The molecule has 0 spiro atoms. The lowest BCUT2D eigenvalue weighted by atomic mass is 9.85. The molecule has 0 bridgehead atoms. The van der Waals surface area contributed by atoms with Crippen molar-refractivity contribution < 1.29 is 4.74 Å². The molecule has 2 radical (unpaired) electrons. The standard InChI is InChI=1S/C18H21BN4O2/c1-11(19)14-8-12-15(10-21-14)22-17(24)13(9-20)16(12)23-6-4-18(2,25-3)5-7-23/h8,10-11H,4-7H2,1-3H3,(H,22,24). The van der Waals surface area contributed by atoms with Gasteiger partial charge in [-0.3, -0.25) is 9.78 Å². The van der Waals surface area contributed by atoms with Crippen molar-refractivity contribution in [2.45, 2.75) is 38.1 Å². The van der Waals surface area contributed by atoms with Crippen LogP contribution in [0.1, 0.15) is 43.8 Å². The zero-order chi connectivity index (χ0) is 18.2. The van der Waals surface area contributed by atoms with Gasteiger partial charge in [0.2, 0.25) is 0 Å². The summed E-state index contributed by atoms with van der Waals surface area (Å²) in [6, 6.07) is 3.94. The lowest BCUT2D eigenvalue weighted by Gasteiger charge is -2.40. The predicted octanol–water partition coefficient (Wildman–Crippen LogP) is 2.03. The molecule has 1 aliphatic heterocycles. The first kappa shape index (κ1) is 17.5. The highest BCUT2D eigenvalue weighted by Crippen LogP contribution is 2.33. The van der Waals surface area contributed by atoms with Crippen LogP contribution < -0.4 is 10.5 Å². The third kappa shape index (κ3) is 3.14. The number of hydrogen-bond acceptors (Lipinski definition) is 5. The Hall–Kier alpha value is -2.33. The summed E-state index contributed by atoms with van der Waals surface area (Å²) in [6.07, 6.45) is 3.27. The number of nitrogens with one attached hydrogen (secondary N) is 1. The monoisotopic (exact) mass is 336 g/mol. The summed E-state index contributed by atoms with van der Waals surface area (Å²) in [4.78, 5) is 21.5. The third-order valence-electron chi connectivity index (χ3n) is 5.10. The molecule has 1 fully saturated rings. The van der Waals surface area contributed by atoms with E-state index in [9.17, 15) is 10.1 Å². The van der Waals surface area contributed by atoms with Crippen LogP contribution in [0.15, 0.2) is 17.1 Å². The number of nitrogens with zero attached hydrogens (tertiary/aromatic N) is 3. The fraction of sp³-hybridized carbons (Fsp3) is 0.500. The second-order valence-corrected chi connectivity index (χ2v) is 6.87. The average Bonchev–Trinajstić information content (AvgIpc) is 2.61. The number of ether oxygens (including phenoxy) is 1. The number of H-pyrrole nitrogens is 1. The van der Waals surface area contributed by atoms with Gasteiger partial charge in [-0.2, -0.15) is 5.26 Å². The van der Waals surface area contributed by atoms with E-state index in [2.05, 4.69) is 27.9 Å². The number of rotatable bonds is 3. The van der Waals surface area contributed by atoms with E-state index in [4.69, 9.17) is 12.6 Å². The first-order valence-electron chi connectivity index (χ1n) is 8.40. The van der Waals surface area contributed by atoms with E-state index >= 15 is 0 Å². The molecule has 0 aromatic carbocycles. The van der Waals surface area contributed by atoms with E-state index in [1.807, 2.05) is 13.0 Å². The van der Waals surface area contributed by atoms with Gasteiger partial charge in [0.05, 0.1) is 30.8 Å². The summed E-state index contributed by atoms with van der Waals surface area (Å²) >= 11 is 0. The van der Waals surface area contributed by atoms with Gasteiger partial charge >= 0.3 is 0 Å². The predicted molar refractivity (Wildman–Crippen MR) is 98.1 cm³/mol. The molecule has 2 aromatic heterocycles. The van der Waals surface area contributed by atoms with E-state index in [0.29, 0.717) is 24.3 Å². The number of anilines is 1. The van der Waals surface area contributed by atoms with Gasteiger partial charge in [0, 0.05) is 31.3 Å². The molecular weight excluding hydrogens is 315 g/mol. The molecule has 2 aromatic rings. The number of fused-ring (bicyclic) bond motifs is 1. The Morgan fingerprint density at radius 1 is 1.48 bits per heavy atom. The molecule has 0 aliphatic carbocycles. The van der Waals surface area contributed by atoms with Crippen molar-refractivity contribution in [1.82, 2.24) is 9.97 Å². The average molecular weight is 336 g/mol. The molecule has 0 saturated carbocycles. The fourth-order valence-corrected chi connectivity index (χ4v) is 3.28. The van der Waals surface area contributed by atoms with Crippen LogP contribution in [-0.4, -0.2) is 43.6 Å². The maximum absolute atomic E-state index is 12.3. The van der Waals surface area contributed by atoms with Gasteiger partial charge in [0.25, 0.3) is 5.56 Å². The minimum absolute atomic E-state index is 0.135. The van der Waals surface area contributed by atoms with Crippen molar-refractivity contribution in [3.05, 3.63) is 33.9 Å². The van der Waals surface area contributed by atoms with Gasteiger partial charge < -0.3 is 14.6 Å². The van der Waals surface area contributed by atoms with E-state index < -0.39 is 0 Å². The Kier molecular flexibility index (Phi) is 4.57. The number of aromatic nitrogens is 2. The summed E-state index contributed by atoms with van der Waals surface area (Å²) in [6.45, 7) is 5.38. The topological polar surface area (TPSA) is 82.0 Å². The number of nitriles is 1. The van der Waals surface area contributed by atoms with Crippen LogP contribution in [0, 0.1) is 11.3 Å². The lowest BCUT2D eigenvalue weighted by Crippen LogP contribution is -2.44. The third-order valence-corrected chi connectivity index (χ3v) is 5.10. The smallest absolute Gasteiger partial charge is 0.268 e. The molecule has 1 atom stereocenters. The molecule has 1 N–H and O–H groups in total. The number of hydrogen-bond donors (Lipinski definition) is 1. The van der Waals surface area contributed by atoms with Crippen LogP contribution in [0.5, 0.6) is 0 Å². The van der Waals surface area contributed by atoms with Crippen molar-refractivity contribution >= 4 is 24.4 Å². The van der Waals surface area contributed by atoms with E-state index in [0.717, 1.165) is 23.9 Å². The Morgan fingerprint density at radius 3 is 2.72 bits per heavy atom. The van der Waals surface area contributed by atoms with Gasteiger partial charge in [0.15, 0.2) is 0 Å². The molecule has 3 rings (SSSR count). The maximum atomic E-state index is 12.3. The Balaban J connectivity index is 2.16. The first-order chi connectivity index (χ1) is 11.9. The van der Waals surface area contributed by atoms with Crippen molar-refractivity contribution in [2.24, 2.45) is 0 Å². The lowest BCUT2D eigenvalue weighted by molar-refractivity contribution is -0.0132. The Bertz CT molecular complexity index is 892. The molecule has 25 heavy (non-hydrogen) atoms. The van der Waals surface area contributed by atoms with Crippen molar-refractivity contribution in [2.75, 3.05) is 25.1 Å². The summed E-state index contributed by atoms with van der Waals surface area (Å²) in [7, 11) is 7.68. The zero-order valence-electron chi connectivity index (χ0n) is 14.8. The Morgan fingerprint density at radius 2 is 2.16 bits per heavy atom. The molecular formula is C18H21BN4O2. The molecule has 6 nitrogen and oxygen atoms in total. The number of aromatic amines is 1. The number of pyridine rings is 2. The van der Waals surface area contributed by atoms with Gasteiger partial charge in [-0.05, 0) is 31.6 Å². The number of methoxy groups -OCH3 is 1. The molecule has 7 heteroatoms. The fourth-order valence-electron chi connectivity index (χ4n) is 3.28. The minimum atomic E-state index is -0.388. The van der Waals surface area contributed by atoms with E-state index in [1.54, 1.807) is 13.3 Å².